The second-order valence-corrected chi connectivity index (χ2v) is 8.20. The summed E-state index contributed by atoms with van der Waals surface area (Å²) in [4.78, 5) is 23.8. The largest absolute Gasteiger partial charge is 0.495 e. The predicted molar refractivity (Wildman–Crippen MR) is 107 cm³/mol. The van der Waals surface area contributed by atoms with Crippen LogP contribution in [0.5, 0.6) is 5.75 Å². The van der Waals surface area contributed by atoms with Gasteiger partial charge in [-0.2, -0.15) is 0 Å². The Kier molecular flexibility index (Phi) is 7.35. The number of sulfonamides is 1. The molecule has 0 aliphatic carbocycles. The highest BCUT2D eigenvalue weighted by molar-refractivity contribution is 7.89. The Labute approximate surface area is 170 Å². The van der Waals surface area contributed by atoms with Crippen LogP contribution in [0.25, 0.3) is 0 Å². The van der Waals surface area contributed by atoms with Crippen molar-refractivity contribution in [1.29, 1.82) is 0 Å². The first-order valence-electron chi connectivity index (χ1n) is 8.83. The molecule has 0 aliphatic heterocycles. The van der Waals surface area contributed by atoms with Gasteiger partial charge in [-0.3, -0.25) is 4.79 Å². The maximum Gasteiger partial charge on any atom is 0.337 e. The van der Waals surface area contributed by atoms with Crippen molar-refractivity contribution in [3.63, 3.8) is 0 Å². The van der Waals surface area contributed by atoms with E-state index in [0.29, 0.717) is 5.56 Å². The fourth-order valence-corrected chi connectivity index (χ4v) is 4.01. The van der Waals surface area contributed by atoms with E-state index in [2.05, 4.69) is 14.8 Å². The van der Waals surface area contributed by atoms with Crippen LogP contribution in [0, 0.1) is 0 Å². The highest BCUT2D eigenvalue weighted by Crippen LogP contribution is 2.25. The molecule has 9 heteroatoms. The second-order valence-electron chi connectivity index (χ2n) is 6.51. The SMILES string of the molecule is COC(=O)c1ccc(CNC(=O)c2ccc(OC)c(S(=O)(=O)NC(C)C)c2)cc1. The molecule has 2 N–H and O–H groups in total. The van der Waals surface area contributed by atoms with Gasteiger partial charge in [0, 0.05) is 18.2 Å². The molecular formula is C20H24N2O6S. The number of nitrogens with one attached hydrogen (secondary N) is 2. The average molecular weight is 420 g/mol. The monoisotopic (exact) mass is 420 g/mol. The van der Waals surface area contributed by atoms with Gasteiger partial charge in [-0.05, 0) is 49.7 Å². The van der Waals surface area contributed by atoms with E-state index in [1.54, 1.807) is 38.1 Å². The Balaban J connectivity index is 2.17. The van der Waals surface area contributed by atoms with Crippen molar-refractivity contribution in [1.82, 2.24) is 10.0 Å². The Morgan fingerprint density at radius 2 is 1.62 bits per heavy atom. The minimum Gasteiger partial charge on any atom is -0.495 e. The summed E-state index contributed by atoms with van der Waals surface area (Å²) in [6.45, 7) is 3.61. The molecule has 0 fully saturated rings. The lowest BCUT2D eigenvalue weighted by Gasteiger charge is -2.14. The van der Waals surface area contributed by atoms with Crippen LogP contribution < -0.4 is 14.8 Å². The molecule has 0 aliphatic rings. The van der Waals surface area contributed by atoms with Gasteiger partial charge in [0.15, 0.2) is 0 Å². The summed E-state index contributed by atoms with van der Waals surface area (Å²) >= 11 is 0. The number of carbonyl (C=O) groups is 2. The maximum absolute atomic E-state index is 12.5. The normalized spacial score (nSPS) is 11.2. The number of hydrogen-bond donors (Lipinski definition) is 2. The zero-order chi connectivity index (χ0) is 21.6. The van der Waals surface area contributed by atoms with Crippen molar-refractivity contribution in [2.75, 3.05) is 14.2 Å². The van der Waals surface area contributed by atoms with E-state index in [4.69, 9.17) is 4.74 Å². The Bertz CT molecular complexity index is 985. The Morgan fingerprint density at radius 3 is 2.17 bits per heavy atom. The zero-order valence-corrected chi connectivity index (χ0v) is 17.5. The van der Waals surface area contributed by atoms with Crippen molar-refractivity contribution in [3.05, 3.63) is 59.2 Å². The summed E-state index contributed by atoms with van der Waals surface area (Å²) in [5.74, 6) is -0.735. The van der Waals surface area contributed by atoms with Gasteiger partial charge in [-0.25, -0.2) is 17.9 Å². The quantitative estimate of drug-likeness (QED) is 0.633. The minimum absolute atomic E-state index is 0.108. The van der Waals surface area contributed by atoms with E-state index in [0.717, 1.165) is 5.56 Å². The van der Waals surface area contributed by atoms with Crippen LogP contribution in [0.3, 0.4) is 0 Å². The maximum atomic E-state index is 12.5. The lowest BCUT2D eigenvalue weighted by Crippen LogP contribution is -2.31. The zero-order valence-electron chi connectivity index (χ0n) is 16.7. The Morgan fingerprint density at radius 1 is 1.00 bits per heavy atom. The number of amides is 1. The van der Waals surface area contributed by atoms with Crippen molar-refractivity contribution in [2.24, 2.45) is 0 Å². The number of methoxy groups -OCH3 is 2. The van der Waals surface area contributed by atoms with E-state index in [1.807, 2.05) is 0 Å². The van der Waals surface area contributed by atoms with Crippen molar-refractivity contribution >= 4 is 21.9 Å². The van der Waals surface area contributed by atoms with Crippen LogP contribution in [-0.4, -0.2) is 40.6 Å². The van der Waals surface area contributed by atoms with Crippen molar-refractivity contribution < 1.29 is 27.5 Å². The average Bonchev–Trinajstić information content (AvgIpc) is 2.70. The summed E-state index contributed by atoms with van der Waals surface area (Å²) in [6, 6.07) is 10.5. The third-order valence-electron chi connectivity index (χ3n) is 3.93. The lowest BCUT2D eigenvalue weighted by molar-refractivity contribution is 0.0600. The number of benzene rings is 2. The predicted octanol–water partition coefficient (Wildman–Crippen LogP) is 2.10. The highest BCUT2D eigenvalue weighted by atomic mass is 32.2. The molecule has 0 spiro atoms. The molecule has 2 aromatic carbocycles. The topological polar surface area (TPSA) is 111 Å². The minimum atomic E-state index is -3.84. The van der Waals surface area contributed by atoms with Crippen LogP contribution in [0.2, 0.25) is 0 Å². The molecule has 1 amide bonds. The van der Waals surface area contributed by atoms with E-state index < -0.39 is 21.9 Å². The van der Waals surface area contributed by atoms with Gasteiger partial charge in [0.25, 0.3) is 5.91 Å². The van der Waals surface area contributed by atoms with Gasteiger partial charge in [0.2, 0.25) is 10.0 Å². The van der Waals surface area contributed by atoms with Gasteiger partial charge in [-0.15, -0.1) is 0 Å². The summed E-state index contributed by atoms with van der Waals surface area (Å²) in [5.41, 5.74) is 1.36. The standard InChI is InChI=1S/C20H24N2O6S/c1-13(2)22-29(25,26)18-11-16(9-10-17(18)27-3)19(23)21-12-14-5-7-15(8-6-14)20(24)28-4/h5-11,13,22H,12H2,1-4H3,(H,21,23). The first kappa shape index (κ1) is 22.4. The van der Waals surface area contributed by atoms with E-state index in [1.165, 1.54) is 32.4 Å². The molecule has 156 valence electrons. The molecule has 0 aromatic heterocycles. The summed E-state index contributed by atoms with van der Waals surface area (Å²) in [7, 11) is -1.18. The smallest absolute Gasteiger partial charge is 0.337 e. The van der Waals surface area contributed by atoms with Gasteiger partial charge >= 0.3 is 5.97 Å². The van der Waals surface area contributed by atoms with Crippen LogP contribution >= 0.6 is 0 Å². The molecule has 29 heavy (non-hydrogen) atoms. The summed E-state index contributed by atoms with van der Waals surface area (Å²) < 4.78 is 37.3. The highest BCUT2D eigenvalue weighted by Gasteiger charge is 2.22. The van der Waals surface area contributed by atoms with Crippen LogP contribution in [0.4, 0.5) is 0 Å². The number of esters is 1. The summed E-state index contributed by atoms with van der Waals surface area (Å²) in [5, 5.41) is 2.72. The molecule has 2 aromatic rings. The van der Waals surface area contributed by atoms with Crippen molar-refractivity contribution in [3.8, 4) is 5.75 Å². The molecule has 0 heterocycles. The number of carbonyl (C=O) groups excluding carboxylic acids is 2. The molecule has 0 unspecified atom stereocenters. The van der Waals surface area contributed by atoms with Gasteiger partial charge in [0.1, 0.15) is 10.6 Å². The number of ether oxygens (including phenoxy) is 2. The first-order chi connectivity index (χ1) is 13.7. The number of hydrogen-bond acceptors (Lipinski definition) is 6. The van der Waals surface area contributed by atoms with E-state index in [9.17, 15) is 18.0 Å². The van der Waals surface area contributed by atoms with Crippen molar-refractivity contribution in [2.45, 2.75) is 31.3 Å². The number of rotatable bonds is 8. The molecule has 2 rings (SSSR count). The van der Waals surface area contributed by atoms with Gasteiger partial charge < -0.3 is 14.8 Å². The summed E-state index contributed by atoms with van der Waals surface area (Å²) in [6.07, 6.45) is 0. The lowest BCUT2D eigenvalue weighted by atomic mass is 10.1. The molecular weight excluding hydrogens is 396 g/mol. The van der Waals surface area contributed by atoms with Crippen LogP contribution in [-0.2, 0) is 21.3 Å². The molecule has 0 saturated heterocycles. The molecule has 0 saturated carbocycles. The third-order valence-corrected chi connectivity index (χ3v) is 5.61. The fraction of sp³-hybridized carbons (Fsp3) is 0.300. The molecule has 0 atom stereocenters. The third kappa shape index (κ3) is 5.78. The molecule has 0 bridgehead atoms. The Hall–Kier alpha value is -2.91. The first-order valence-corrected chi connectivity index (χ1v) is 10.3. The van der Waals surface area contributed by atoms with E-state index in [-0.39, 0.29) is 28.8 Å². The molecule has 0 radical (unpaired) electrons. The van der Waals surface area contributed by atoms with Crippen LogP contribution in [0.1, 0.15) is 40.1 Å². The van der Waals surface area contributed by atoms with Crippen LogP contribution in [0.15, 0.2) is 47.4 Å². The second kappa shape index (κ2) is 9.53. The van der Waals surface area contributed by atoms with Gasteiger partial charge in [-0.1, -0.05) is 12.1 Å². The molecule has 8 nitrogen and oxygen atoms in total. The van der Waals surface area contributed by atoms with Gasteiger partial charge in [0.05, 0.1) is 19.8 Å². The van der Waals surface area contributed by atoms with E-state index >= 15 is 0 Å². The fourth-order valence-electron chi connectivity index (χ4n) is 2.56.